The summed E-state index contributed by atoms with van der Waals surface area (Å²) in [4.78, 5) is 16.5. The summed E-state index contributed by atoms with van der Waals surface area (Å²) < 4.78 is 87.2. The van der Waals surface area contributed by atoms with Gasteiger partial charge in [0.15, 0.2) is 11.5 Å². The maximum absolute atomic E-state index is 15.8. The topological polar surface area (TPSA) is 89.9 Å². The molecule has 1 aromatic heterocycles. The number of aromatic nitrogens is 1. The van der Waals surface area contributed by atoms with E-state index in [0.717, 1.165) is 24.3 Å². The van der Waals surface area contributed by atoms with Crippen molar-refractivity contribution >= 4 is 17.5 Å². The van der Waals surface area contributed by atoms with Crippen molar-refractivity contribution < 1.29 is 46.1 Å². The van der Waals surface area contributed by atoms with E-state index in [4.69, 9.17) is 25.8 Å². The van der Waals surface area contributed by atoms with Crippen molar-refractivity contribution in [3.05, 3.63) is 70.6 Å². The van der Waals surface area contributed by atoms with Gasteiger partial charge in [0.2, 0.25) is 0 Å². The molecular formula is C26H24ClF5N2O5. The van der Waals surface area contributed by atoms with E-state index >= 15 is 4.39 Å². The van der Waals surface area contributed by atoms with Crippen LogP contribution in [0.15, 0.2) is 48.5 Å². The van der Waals surface area contributed by atoms with Crippen molar-refractivity contribution in [3.8, 4) is 28.5 Å². The number of amides is 1. The Hall–Kier alpha value is -3.64. The van der Waals surface area contributed by atoms with E-state index in [0.29, 0.717) is 0 Å². The van der Waals surface area contributed by atoms with Crippen molar-refractivity contribution in [2.24, 2.45) is 0 Å². The molecule has 0 fully saturated rings. The highest BCUT2D eigenvalue weighted by Crippen LogP contribution is 2.43. The molecule has 0 saturated carbocycles. The number of nitrogens with one attached hydrogen (secondary N) is 1. The molecule has 3 rings (SSSR count). The molecule has 0 aliphatic carbocycles. The van der Waals surface area contributed by atoms with Crippen molar-refractivity contribution in [1.82, 2.24) is 10.3 Å². The number of aliphatic hydroxyl groups excluding tert-OH is 1. The van der Waals surface area contributed by atoms with E-state index < -0.39 is 41.9 Å². The van der Waals surface area contributed by atoms with Crippen LogP contribution in [0.5, 0.6) is 17.2 Å². The number of hydrogen-bond acceptors (Lipinski definition) is 6. The largest absolute Gasteiger partial charge is 0.494 e. The van der Waals surface area contributed by atoms with Gasteiger partial charge >= 0.3 is 6.18 Å². The molecule has 210 valence electrons. The summed E-state index contributed by atoms with van der Waals surface area (Å²) in [6.45, 7) is -0.0900. The van der Waals surface area contributed by atoms with E-state index in [1.807, 2.05) is 5.32 Å². The number of benzene rings is 2. The molecule has 2 atom stereocenters. The minimum absolute atomic E-state index is 0.0139. The van der Waals surface area contributed by atoms with Gasteiger partial charge in [-0.1, -0.05) is 11.6 Å². The van der Waals surface area contributed by atoms with Crippen LogP contribution >= 0.6 is 11.6 Å². The lowest BCUT2D eigenvalue weighted by Gasteiger charge is -2.28. The molecule has 13 heteroatoms. The highest BCUT2D eigenvalue weighted by atomic mass is 35.5. The van der Waals surface area contributed by atoms with E-state index in [2.05, 4.69) is 4.98 Å². The standard InChI is InChI=1S/C26H24ClF5N2O5/c1-14(35)12-39-19-7-5-16(11-21(19)38-3)24(36)33-13-25(29,26(30,31)32)22-9-8-20(37-2)23(34-22)15-4-6-18(28)17(27)10-15/h4-11,14,35H,12-13H2,1-3H3,(H,33,36). The fourth-order valence-electron chi connectivity index (χ4n) is 3.46. The van der Waals surface area contributed by atoms with Crippen LogP contribution in [-0.4, -0.2) is 55.6 Å². The number of rotatable bonds is 10. The molecule has 0 aliphatic rings. The molecular weight excluding hydrogens is 551 g/mol. The Morgan fingerprint density at radius 2 is 1.69 bits per heavy atom. The van der Waals surface area contributed by atoms with Crippen LogP contribution in [0.25, 0.3) is 11.3 Å². The summed E-state index contributed by atoms with van der Waals surface area (Å²) in [7, 11) is 2.51. The second-order valence-corrected chi connectivity index (χ2v) is 8.79. The van der Waals surface area contributed by atoms with Crippen molar-refractivity contribution in [3.63, 3.8) is 0 Å². The first-order chi connectivity index (χ1) is 18.3. The molecule has 2 unspecified atom stereocenters. The first kappa shape index (κ1) is 29.9. The molecule has 0 spiro atoms. The average molecular weight is 575 g/mol. The summed E-state index contributed by atoms with van der Waals surface area (Å²) in [5.74, 6) is -1.56. The highest BCUT2D eigenvalue weighted by Gasteiger charge is 2.58. The Balaban J connectivity index is 1.93. The second kappa shape index (κ2) is 12.0. The van der Waals surface area contributed by atoms with Gasteiger partial charge in [0.25, 0.3) is 11.6 Å². The number of hydrogen-bond donors (Lipinski definition) is 2. The number of carbonyl (C=O) groups excluding carboxylic acids is 1. The molecule has 0 aliphatic heterocycles. The molecule has 1 amide bonds. The lowest BCUT2D eigenvalue weighted by molar-refractivity contribution is -0.234. The van der Waals surface area contributed by atoms with Gasteiger partial charge < -0.3 is 24.6 Å². The van der Waals surface area contributed by atoms with E-state index in [1.165, 1.54) is 45.4 Å². The summed E-state index contributed by atoms with van der Waals surface area (Å²) in [5.41, 5.74) is -5.44. The summed E-state index contributed by atoms with van der Waals surface area (Å²) >= 11 is 5.79. The first-order valence-corrected chi connectivity index (χ1v) is 11.7. The third-order valence-electron chi connectivity index (χ3n) is 5.52. The van der Waals surface area contributed by atoms with Crippen LogP contribution in [0, 0.1) is 5.82 Å². The molecule has 2 aromatic carbocycles. The minimum atomic E-state index is -5.49. The van der Waals surface area contributed by atoms with Gasteiger partial charge in [-0.05, 0) is 55.5 Å². The monoisotopic (exact) mass is 574 g/mol. The van der Waals surface area contributed by atoms with Gasteiger partial charge in [-0.2, -0.15) is 13.2 Å². The van der Waals surface area contributed by atoms with Crippen LogP contribution in [0.1, 0.15) is 23.0 Å². The zero-order valence-corrected chi connectivity index (χ0v) is 21.7. The number of aliphatic hydroxyl groups is 1. The number of methoxy groups -OCH3 is 2. The van der Waals surface area contributed by atoms with Crippen LogP contribution in [0.4, 0.5) is 22.0 Å². The minimum Gasteiger partial charge on any atom is -0.494 e. The summed E-state index contributed by atoms with van der Waals surface area (Å²) in [6.07, 6.45) is -6.28. The van der Waals surface area contributed by atoms with Crippen LogP contribution in [0.2, 0.25) is 5.02 Å². The van der Waals surface area contributed by atoms with Gasteiger partial charge in [0.05, 0.1) is 37.6 Å². The fourth-order valence-corrected chi connectivity index (χ4v) is 3.64. The Morgan fingerprint density at radius 1 is 1.03 bits per heavy atom. The second-order valence-electron chi connectivity index (χ2n) is 8.38. The van der Waals surface area contributed by atoms with Crippen molar-refractivity contribution in [2.45, 2.75) is 24.9 Å². The lowest BCUT2D eigenvalue weighted by Crippen LogP contribution is -2.48. The zero-order valence-electron chi connectivity index (χ0n) is 20.9. The third-order valence-corrected chi connectivity index (χ3v) is 5.81. The van der Waals surface area contributed by atoms with Crippen LogP contribution in [-0.2, 0) is 5.67 Å². The smallest absolute Gasteiger partial charge is 0.430 e. The fraction of sp³-hybridized carbons (Fsp3) is 0.308. The quantitative estimate of drug-likeness (QED) is 0.312. The molecule has 0 saturated heterocycles. The predicted octanol–water partition coefficient (Wildman–Crippen LogP) is 5.48. The molecule has 39 heavy (non-hydrogen) atoms. The Kier molecular flexibility index (Phi) is 9.23. The van der Waals surface area contributed by atoms with E-state index in [-0.39, 0.29) is 45.7 Å². The molecule has 1 heterocycles. The number of halogens is 6. The lowest BCUT2D eigenvalue weighted by atomic mass is 9.98. The van der Waals surface area contributed by atoms with Gasteiger partial charge in [-0.15, -0.1) is 0 Å². The Labute approximate surface area is 225 Å². The van der Waals surface area contributed by atoms with Gasteiger partial charge in [0.1, 0.15) is 23.9 Å². The van der Waals surface area contributed by atoms with Crippen LogP contribution in [0.3, 0.4) is 0 Å². The zero-order chi connectivity index (χ0) is 29.0. The Bertz CT molecular complexity index is 1340. The molecule has 0 radical (unpaired) electrons. The van der Waals surface area contributed by atoms with E-state index in [9.17, 15) is 27.5 Å². The number of ether oxygens (including phenoxy) is 3. The maximum atomic E-state index is 15.8. The third kappa shape index (κ3) is 6.69. The molecule has 7 nitrogen and oxygen atoms in total. The summed E-state index contributed by atoms with van der Waals surface area (Å²) in [5, 5.41) is 11.0. The number of carbonyl (C=O) groups is 1. The molecule has 3 aromatic rings. The predicted molar refractivity (Wildman–Crippen MR) is 133 cm³/mol. The van der Waals surface area contributed by atoms with Crippen molar-refractivity contribution in [2.75, 3.05) is 27.4 Å². The van der Waals surface area contributed by atoms with E-state index in [1.54, 1.807) is 0 Å². The van der Waals surface area contributed by atoms with Crippen LogP contribution < -0.4 is 19.5 Å². The highest BCUT2D eigenvalue weighted by molar-refractivity contribution is 6.31. The van der Waals surface area contributed by atoms with Gasteiger partial charge in [-0.3, -0.25) is 4.79 Å². The molecule has 2 N–H and O–H groups in total. The van der Waals surface area contributed by atoms with Crippen molar-refractivity contribution in [1.29, 1.82) is 0 Å². The first-order valence-electron chi connectivity index (χ1n) is 11.3. The van der Waals surface area contributed by atoms with Gasteiger partial charge in [-0.25, -0.2) is 13.8 Å². The van der Waals surface area contributed by atoms with Gasteiger partial charge in [0, 0.05) is 11.1 Å². The average Bonchev–Trinajstić information content (AvgIpc) is 2.90. The maximum Gasteiger partial charge on any atom is 0.430 e. The number of nitrogens with zero attached hydrogens (tertiary/aromatic N) is 1. The SMILES string of the molecule is COc1cc(C(=O)NCC(F)(c2ccc(OC)c(-c3ccc(F)c(Cl)c3)n2)C(F)(F)F)ccc1OCC(C)O. The summed E-state index contributed by atoms with van der Waals surface area (Å²) in [6, 6.07) is 8.92. The molecule has 0 bridgehead atoms. The normalized spacial score (nSPS) is 13.8. The number of alkyl halides is 4. The number of pyridine rings is 1. The Morgan fingerprint density at radius 3 is 2.28 bits per heavy atom.